The van der Waals surface area contributed by atoms with E-state index in [1.54, 1.807) is 26.0 Å². The number of carbonyl (C=O) groups excluding carboxylic acids is 2. The van der Waals surface area contributed by atoms with Gasteiger partial charge in [0.2, 0.25) is 5.91 Å². The maximum absolute atomic E-state index is 12.3. The highest BCUT2D eigenvalue weighted by Gasteiger charge is 2.19. The molecule has 0 saturated heterocycles. The average Bonchev–Trinajstić information content (AvgIpc) is 2.55. The first-order valence-corrected chi connectivity index (χ1v) is 9.10. The summed E-state index contributed by atoms with van der Waals surface area (Å²) in [5.74, 6) is -0.743. The van der Waals surface area contributed by atoms with E-state index < -0.39 is 11.2 Å². The van der Waals surface area contributed by atoms with Gasteiger partial charge >= 0.3 is 5.97 Å². The first-order chi connectivity index (χ1) is 11.9. The van der Waals surface area contributed by atoms with E-state index in [2.05, 4.69) is 31.2 Å². The SMILES string of the molecule is CCOC(=O)c1cnc(SC(C)C(=O)Nc2cccc(Br)c2)nc1N. The van der Waals surface area contributed by atoms with Crippen LogP contribution in [0.2, 0.25) is 0 Å². The van der Waals surface area contributed by atoms with Crippen LogP contribution in [0.15, 0.2) is 40.1 Å². The predicted molar refractivity (Wildman–Crippen MR) is 100 cm³/mol. The third kappa shape index (κ3) is 5.43. The molecule has 1 heterocycles. The van der Waals surface area contributed by atoms with Crippen LogP contribution in [0, 0.1) is 0 Å². The number of halogens is 1. The van der Waals surface area contributed by atoms with Crippen molar-refractivity contribution in [1.82, 2.24) is 9.97 Å². The summed E-state index contributed by atoms with van der Waals surface area (Å²) >= 11 is 4.50. The van der Waals surface area contributed by atoms with Crippen LogP contribution in [0.1, 0.15) is 24.2 Å². The van der Waals surface area contributed by atoms with Crippen LogP contribution in [-0.4, -0.2) is 33.7 Å². The second-order valence-corrected chi connectivity index (χ2v) is 7.16. The zero-order valence-corrected chi connectivity index (χ0v) is 16.1. The number of nitrogen functional groups attached to an aromatic ring is 1. The molecule has 1 aromatic heterocycles. The zero-order valence-electron chi connectivity index (χ0n) is 13.7. The first-order valence-electron chi connectivity index (χ1n) is 7.43. The summed E-state index contributed by atoms with van der Waals surface area (Å²) in [6.07, 6.45) is 1.31. The number of aromatic nitrogens is 2. The molecule has 0 radical (unpaired) electrons. The summed E-state index contributed by atoms with van der Waals surface area (Å²) in [6.45, 7) is 3.67. The van der Waals surface area contributed by atoms with Gasteiger partial charge in [0.25, 0.3) is 0 Å². The van der Waals surface area contributed by atoms with Gasteiger partial charge in [-0.3, -0.25) is 4.79 Å². The molecule has 2 aromatic rings. The maximum Gasteiger partial charge on any atom is 0.343 e. The minimum Gasteiger partial charge on any atom is -0.462 e. The Morgan fingerprint density at radius 1 is 1.44 bits per heavy atom. The Morgan fingerprint density at radius 3 is 2.84 bits per heavy atom. The van der Waals surface area contributed by atoms with Crippen LogP contribution in [0.25, 0.3) is 0 Å². The van der Waals surface area contributed by atoms with Crippen LogP contribution < -0.4 is 11.1 Å². The van der Waals surface area contributed by atoms with Crippen molar-refractivity contribution in [3.8, 4) is 0 Å². The van der Waals surface area contributed by atoms with Gasteiger partial charge in [0.1, 0.15) is 11.4 Å². The van der Waals surface area contributed by atoms with Gasteiger partial charge in [0.05, 0.1) is 11.9 Å². The lowest BCUT2D eigenvalue weighted by Crippen LogP contribution is -2.22. The van der Waals surface area contributed by atoms with Crippen LogP contribution in [0.5, 0.6) is 0 Å². The summed E-state index contributed by atoms with van der Waals surface area (Å²) in [6, 6.07) is 7.30. The monoisotopic (exact) mass is 424 g/mol. The van der Waals surface area contributed by atoms with Crippen molar-refractivity contribution in [3.05, 3.63) is 40.5 Å². The van der Waals surface area contributed by atoms with Gasteiger partial charge in [-0.1, -0.05) is 33.8 Å². The summed E-state index contributed by atoms with van der Waals surface area (Å²) in [7, 11) is 0. The number of nitrogens with one attached hydrogen (secondary N) is 1. The molecule has 9 heteroatoms. The Kier molecular flexibility index (Phi) is 6.77. The van der Waals surface area contributed by atoms with Crippen molar-refractivity contribution in [2.75, 3.05) is 17.7 Å². The number of esters is 1. The highest BCUT2D eigenvalue weighted by molar-refractivity contribution is 9.10. The summed E-state index contributed by atoms with van der Waals surface area (Å²) < 4.78 is 5.74. The Hall–Kier alpha value is -2.13. The topological polar surface area (TPSA) is 107 Å². The molecule has 7 nitrogen and oxygen atoms in total. The molecule has 0 fully saturated rings. The lowest BCUT2D eigenvalue weighted by atomic mass is 10.3. The summed E-state index contributed by atoms with van der Waals surface area (Å²) in [4.78, 5) is 32.1. The lowest BCUT2D eigenvalue weighted by Gasteiger charge is -2.12. The molecule has 0 aliphatic heterocycles. The number of nitrogens with two attached hydrogens (primary N) is 1. The van der Waals surface area contributed by atoms with Gasteiger partial charge in [-0.05, 0) is 32.0 Å². The number of benzene rings is 1. The van der Waals surface area contributed by atoms with Gasteiger partial charge in [-0.15, -0.1) is 0 Å². The normalized spacial score (nSPS) is 11.6. The molecular weight excluding hydrogens is 408 g/mol. The van der Waals surface area contributed by atoms with Gasteiger partial charge in [0.15, 0.2) is 5.16 Å². The number of amides is 1. The van der Waals surface area contributed by atoms with Gasteiger partial charge in [-0.2, -0.15) is 0 Å². The molecule has 0 spiro atoms. The Morgan fingerprint density at radius 2 is 2.20 bits per heavy atom. The molecule has 25 heavy (non-hydrogen) atoms. The predicted octanol–water partition coefficient (Wildman–Crippen LogP) is 3.12. The zero-order chi connectivity index (χ0) is 18.4. The number of carbonyl (C=O) groups is 2. The van der Waals surface area contributed by atoms with Gasteiger partial charge < -0.3 is 15.8 Å². The van der Waals surface area contributed by atoms with E-state index in [4.69, 9.17) is 10.5 Å². The van der Waals surface area contributed by atoms with Crippen LogP contribution in [-0.2, 0) is 9.53 Å². The van der Waals surface area contributed by atoms with E-state index in [1.807, 2.05) is 12.1 Å². The number of thioether (sulfide) groups is 1. The molecule has 0 saturated carbocycles. The van der Waals surface area contributed by atoms with E-state index in [1.165, 1.54) is 6.20 Å². The molecule has 0 bridgehead atoms. The smallest absolute Gasteiger partial charge is 0.343 e. The van der Waals surface area contributed by atoms with Crippen LogP contribution in [0.4, 0.5) is 11.5 Å². The number of rotatable bonds is 6. The third-order valence-electron chi connectivity index (χ3n) is 3.04. The maximum atomic E-state index is 12.3. The minimum absolute atomic E-state index is 0.0237. The molecule has 132 valence electrons. The van der Waals surface area contributed by atoms with E-state index in [-0.39, 0.29) is 23.9 Å². The van der Waals surface area contributed by atoms with Crippen LogP contribution >= 0.6 is 27.7 Å². The quantitative estimate of drug-likeness (QED) is 0.416. The Bertz CT molecular complexity index is 788. The number of hydrogen-bond donors (Lipinski definition) is 2. The molecule has 1 atom stereocenters. The average molecular weight is 425 g/mol. The highest BCUT2D eigenvalue weighted by atomic mass is 79.9. The minimum atomic E-state index is -0.572. The van der Waals surface area contributed by atoms with Crippen molar-refractivity contribution in [2.24, 2.45) is 0 Å². The first kappa shape index (κ1) is 19.2. The van der Waals surface area contributed by atoms with Crippen LogP contribution in [0.3, 0.4) is 0 Å². The highest BCUT2D eigenvalue weighted by Crippen LogP contribution is 2.23. The third-order valence-corrected chi connectivity index (χ3v) is 4.50. The molecule has 3 N–H and O–H groups in total. The Balaban J connectivity index is 2.02. The second kappa shape index (κ2) is 8.82. The van der Waals surface area contributed by atoms with Crippen molar-refractivity contribution >= 4 is 51.1 Å². The van der Waals surface area contributed by atoms with E-state index in [0.717, 1.165) is 16.2 Å². The van der Waals surface area contributed by atoms with E-state index in [9.17, 15) is 9.59 Å². The van der Waals surface area contributed by atoms with Crippen molar-refractivity contribution in [1.29, 1.82) is 0 Å². The molecule has 0 aliphatic carbocycles. The molecule has 2 rings (SSSR count). The molecular formula is C16H17BrN4O3S. The van der Waals surface area contributed by atoms with Gasteiger partial charge in [-0.25, -0.2) is 14.8 Å². The van der Waals surface area contributed by atoms with Gasteiger partial charge in [0, 0.05) is 16.4 Å². The number of hydrogen-bond acceptors (Lipinski definition) is 7. The fourth-order valence-corrected chi connectivity index (χ4v) is 2.97. The molecule has 1 aromatic carbocycles. The van der Waals surface area contributed by atoms with Crippen molar-refractivity contribution in [2.45, 2.75) is 24.3 Å². The molecule has 1 amide bonds. The summed E-state index contributed by atoms with van der Waals surface area (Å²) in [5.41, 5.74) is 6.57. The fourth-order valence-electron chi connectivity index (χ4n) is 1.82. The van der Waals surface area contributed by atoms with Crippen molar-refractivity contribution < 1.29 is 14.3 Å². The fraction of sp³-hybridized carbons (Fsp3) is 0.250. The van der Waals surface area contributed by atoms with E-state index >= 15 is 0 Å². The summed E-state index contributed by atoms with van der Waals surface area (Å²) in [5, 5.41) is 2.67. The largest absolute Gasteiger partial charge is 0.462 e. The molecule has 1 unspecified atom stereocenters. The Labute approximate surface area is 157 Å². The standard InChI is InChI=1S/C16H17BrN4O3S/c1-3-24-15(23)12-8-19-16(21-13(12)18)25-9(2)14(22)20-11-6-4-5-10(17)7-11/h4-9H,3H2,1-2H3,(H,20,22)(H2,18,19,21). The number of nitrogens with zero attached hydrogens (tertiary/aromatic N) is 2. The lowest BCUT2D eigenvalue weighted by molar-refractivity contribution is -0.115. The van der Waals surface area contributed by atoms with Crippen molar-refractivity contribution in [3.63, 3.8) is 0 Å². The number of ether oxygens (including phenoxy) is 1. The second-order valence-electron chi connectivity index (χ2n) is 4.93. The molecule has 0 aliphatic rings. The number of anilines is 2. The van der Waals surface area contributed by atoms with E-state index in [0.29, 0.717) is 10.8 Å².